The quantitative estimate of drug-likeness (QED) is 0.385. The summed E-state index contributed by atoms with van der Waals surface area (Å²) in [6, 6.07) is 20.3. The van der Waals surface area contributed by atoms with E-state index in [1.807, 2.05) is 42.5 Å². The normalized spacial score (nSPS) is 18.7. The molecule has 1 saturated heterocycles. The topological polar surface area (TPSA) is 83.7 Å². The Morgan fingerprint density at radius 3 is 2.76 bits per heavy atom. The maximum absolute atomic E-state index is 12.6. The van der Waals surface area contributed by atoms with Gasteiger partial charge in [0.15, 0.2) is 0 Å². The summed E-state index contributed by atoms with van der Waals surface area (Å²) in [6.45, 7) is 0.422. The van der Waals surface area contributed by atoms with Crippen molar-refractivity contribution in [2.24, 2.45) is 11.0 Å². The van der Waals surface area contributed by atoms with Crippen molar-refractivity contribution in [3.63, 3.8) is 0 Å². The summed E-state index contributed by atoms with van der Waals surface area (Å²) in [4.78, 5) is 24.7. The zero-order chi connectivity index (χ0) is 20.2. The van der Waals surface area contributed by atoms with Crippen molar-refractivity contribution in [2.75, 3.05) is 6.54 Å². The number of nitrogens with zero attached hydrogens (tertiary/aromatic N) is 1. The number of carbonyl (C=O) groups excluding carboxylic acids is 2. The first-order valence-electron chi connectivity index (χ1n) is 9.13. The lowest BCUT2D eigenvalue weighted by atomic mass is 9.88. The van der Waals surface area contributed by atoms with Gasteiger partial charge in [-0.25, -0.2) is 5.43 Å². The molecule has 2 aromatic carbocycles. The van der Waals surface area contributed by atoms with E-state index in [-0.39, 0.29) is 11.8 Å². The molecule has 0 bridgehead atoms. The standard InChI is InChI=1S/C22H18ClN3O3/c23-16-8-4-7-15(11-16)19-10-9-17(29-19)12-25-26-22(28)20-18(13-24-21(20)27)14-5-2-1-3-6-14/h1-12,18,20H,13H2,(H,24,27)(H,26,28). The van der Waals surface area contributed by atoms with Crippen LogP contribution in [-0.4, -0.2) is 24.6 Å². The Bertz CT molecular complexity index is 1060. The van der Waals surface area contributed by atoms with Gasteiger partial charge in [0.25, 0.3) is 5.91 Å². The van der Waals surface area contributed by atoms with Crippen molar-refractivity contribution in [3.05, 3.63) is 83.1 Å². The molecule has 2 atom stereocenters. The average Bonchev–Trinajstić information content (AvgIpc) is 3.35. The molecule has 2 heterocycles. The number of hydrazone groups is 1. The van der Waals surface area contributed by atoms with Crippen LogP contribution < -0.4 is 10.7 Å². The number of halogens is 1. The van der Waals surface area contributed by atoms with E-state index in [0.717, 1.165) is 11.1 Å². The van der Waals surface area contributed by atoms with E-state index in [9.17, 15) is 9.59 Å². The number of carbonyl (C=O) groups is 2. The van der Waals surface area contributed by atoms with Gasteiger partial charge < -0.3 is 9.73 Å². The third kappa shape index (κ3) is 4.22. The molecule has 1 aromatic heterocycles. The van der Waals surface area contributed by atoms with Gasteiger partial charge in [-0.2, -0.15) is 5.10 Å². The molecule has 2 unspecified atom stereocenters. The van der Waals surface area contributed by atoms with E-state index < -0.39 is 11.8 Å². The monoisotopic (exact) mass is 407 g/mol. The molecule has 0 spiro atoms. The van der Waals surface area contributed by atoms with Crippen molar-refractivity contribution in [3.8, 4) is 11.3 Å². The van der Waals surface area contributed by atoms with E-state index in [0.29, 0.717) is 23.1 Å². The van der Waals surface area contributed by atoms with Gasteiger partial charge in [-0.3, -0.25) is 9.59 Å². The van der Waals surface area contributed by atoms with Crippen molar-refractivity contribution in [1.82, 2.24) is 10.7 Å². The number of furan rings is 1. The fraction of sp³-hybridized carbons (Fsp3) is 0.136. The molecule has 2 N–H and O–H groups in total. The minimum absolute atomic E-state index is 0.225. The maximum atomic E-state index is 12.6. The highest BCUT2D eigenvalue weighted by molar-refractivity contribution is 6.30. The van der Waals surface area contributed by atoms with Gasteiger partial charge in [0.05, 0.1) is 6.21 Å². The minimum atomic E-state index is -0.826. The molecule has 0 saturated carbocycles. The molecule has 3 aromatic rings. The lowest BCUT2D eigenvalue weighted by Crippen LogP contribution is -2.34. The van der Waals surface area contributed by atoms with Gasteiger partial charge in [-0.05, 0) is 29.8 Å². The van der Waals surface area contributed by atoms with Crippen molar-refractivity contribution in [1.29, 1.82) is 0 Å². The first-order chi connectivity index (χ1) is 14.1. The predicted molar refractivity (Wildman–Crippen MR) is 111 cm³/mol. The van der Waals surface area contributed by atoms with Gasteiger partial charge in [-0.1, -0.05) is 54.1 Å². The highest BCUT2D eigenvalue weighted by Crippen LogP contribution is 2.29. The van der Waals surface area contributed by atoms with Gasteiger partial charge in [0, 0.05) is 23.0 Å². The molecule has 1 aliphatic rings. The molecular weight excluding hydrogens is 390 g/mol. The van der Waals surface area contributed by atoms with Crippen LogP contribution in [0.15, 0.2) is 76.2 Å². The second kappa shape index (κ2) is 8.32. The lowest BCUT2D eigenvalue weighted by molar-refractivity contribution is -0.133. The number of rotatable bonds is 5. The van der Waals surface area contributed by atoms with Crippen LogP contribution in [0.4, 0.5) is 0 Å². The highest BCUT2D eigenvalue weighted by Gasteiger charge is 2.40. The Hall–Kier alpha value is -3.38. The summed E-state index contributed by atoms with van der Waals surface area (Å²) < 4.78 is 5.71. The Balaban J connectivity index is 1.43. The van der Waals surface area contributed by atoms with E-state index >= 15 is 0 Å². The third-order valence-corrected chi connectivity index (χ3v) is 5.03. The van der Waals surface area contributed by atoms with Crippen molar-refractivity contribution >= 4 is 29.6 Å². The highest BCUT2D eigenvalue weighted by atomic mass is 35.5. The maximum Gasteiger partial charge on any atom is 0.253 e. The third-order valence-electron chi connectivity index (χ3n) is 4.79. The lowest BCUT2D eigenvalue weighted by Gasteiger charge is -2.15. The first-order valence-corrected chi connectivity index (χ1v) is 9.51. The largest absolute Gasteiger partial charge is 0.455 e. The van der Waals surface area contributed by atoms with E-state index in [2.05, 4.69) is 15.8 Å². The number of benzene rings is 2. The molecule has 4 rings (SSSR count). The van der Waals surface area contributed by atoms with Crippen LogP contribution in [0.5, 0.6) is 0 Å². The number of hydrogen-bond acceptors (Lipinski definition) is 4. The summed E-state index contributed by atoms with van der Waals surface area (Å²) >= 11 is 6.00. The Morgan fingerprint density at radius 1 is 1.14 bits per heavy atom. The second-order valence-electron chi connectivity index (χ2n) is 6.69. The number of amides is 2. The molecule has 2 amide bonds. The molecule has 1 fully saturated rings. The summed E-state index contributed by atoms with van der Waals surface area (Å²) in [5, 5.41) is 7.32. The molecule has 7 heteroatoms. The molecule has 6 nitrogen and oxygen atoms in total. The predicted octanol–water partition coefficient (Wildman–Crippen LogP) is 3.58. The van der Waals surface area contributed by atoms with Crippen LogP contribution in [0.25, 0.3) is 11.3 Å². The van der Waals surface area contributed by atoms with Crippen LogP contribution in [0.3, 0.4) is 0 Å². The SMILES string of the molecule is O=C1NCC(c2ccccc2)C1C(=O)NN=Cc1ccc(-c2cccc(Cl)c2)o1. The zero-order valence-corrected chi connectivity index (χ0v) is 16.1. The van der Waals surface area contributed by atoms with Crippen molar-refractivity contribution in [2.45, 2.75) is 5.92 Å². The molecular formula is C22H18ClN3O3. The van der Waals surface area contributed by atoms with E-state index in [4.69, 9.17) is 16.0 Å². The summed E-state index contributed by atoms with van der Waals surface area (Å²) in [7, 11) is 0. The van der Waals surface area contributed by atoms with E-state index in [1.54, 1.807) is 24.3 Å². The molecule has 0 radical (unpaired) electrons. The second-order valence-corrected chi connectivity index (χ2v) is 7.12. The van der Waals surface area contributed by atoms with Crippen molar-refractivity contribution < 1.29 is 14.0 Å². The Labute approximate surface area is 172 Å². The Morgan fingerprint density at radius 2 is 1.97 bits per heavy atom. The first kappa shape index (κ1) is 19.0. The van der Waals surface area contributed by atoms with Crippen LogP contribution in [0.2, 0.25) is 5.02 Å². The summed E-state index contributed by atoms with van der Waals surface area (Å²) in [6.07, 6.45) is 1.40. The number of nitrogens with one attached hydrogen (secondary N) is 2. The van der Waals surface area contributed by atoms with Gasteiger partial charge in [0.2, 0.25) is 5.91 Å². The zero-order valence-electron chi connectivity index (χ0n) is 15.3. The summed E-state index contributed by atoms with van der Waals surface area (Å²) in [5.41, 5.74) is 4.23. The molecule has 146 valence electrons. The smallest absolute Gasteiger partial charge is 0.253 e. The molecule has 1 aliphatic heterocycles. The van der Waals surface area contributed by atoms with Gasteiger partial charge in [0.1, 0.15) is 17.4 Å². The molecule has 0 aliphatic carbocycles. The average molecular weight is 408 g/mol. The van der Waals surface area contributed by atoms with Gasteiger partial charge in [-0.15, -0.1) is 0 Å². The van der Waals surface area contributed by atoms with Crippen LogP contribution >= 0.6 is 11.6 Å². The fourth-order valence-corrected chi connectivity index (χ4v) is 3.57. The number of hydrogen-bond donors (Lipinski definition) is 2. The van der Waals surface area contributed by atoms with Crippen LogP contribution in [0, 0.1) is 5.92 Å². The molecule has 29 heavy (non-hydrogen) atoms. The van der Waals surface area contributed by atoms with E-state index in [1.165, 1.54) is 6.21 Å². The van der Waals surface area contributed by atoms with Crippen LogP contribution in [0.1, 0.15) is 17.2 Å². The Kier molecular flexibility index (Phi) is 5.44. The van der Waals surface area contributed by atoms with Crippen LogP contribution in [-0.2, 0) is 9.59 Å². The minimum Gasteiger partial charge on any atom is -0.455 e. The fourth-order valence-electron chi connectivity index (χ4n) is 3.38. The van der Waals surface area contributed by atoms with Gasteiger partial charge >= 0.3 is 0 Å². The summed E-state index contributed by atoms with van der Waals surface area (Å²) in [5.74, 6) is -0.694.